The van der Waals surface area contributed by atoms with E-state index < -0.39 is 12.0 Å². The van der Waals surface area contributed by atoms with Crippen molar-refractivity contribution in [3.63, 3.8) is 0 Å². The molecule has 6 nitrogen and oxygen atoms in total. The fourth-order valence-corrected chi connectivity index (χ4v) is 3.61. The van der Waals surface area contributed by atoms with Crippen LogP contribution >= 0.6 is 0 Å². The Hall–Kier alpha value is -2.11. The summed E-state index contributed by atoms with van der Waals surface area (Å²) in [5.41, 5.74) is 0.949. The summed E-state index contributed by atoms with van der Waals surface area (Å²) in [4.78, 5) is 29.2. The standard InChI is InChI=1S/C15H19N3O3/c19-14(20)13-12-3-1-2-11(12)9-18(13)15(21)17-8-10-4-6-16-7-5-10/h4-7,11-13H,1-3,8-9H2,(H,17,21)(H,19,20). The molecule has 0 aromatic carbocycles. The van der Waals surface area contributed by atoms with Crippen LogP contribution in [-0.4, -0.2) is 39.6 Å². The van der Waals surface area contributed by atoms with Gasteiger partial charge in [-0.3, -0.25) is 4.98 Å². The van der Waals surface area contributed by atoms with Crippen LogP contribution in [0.1, 0.15) is 24.8 Å². The monoisotopic (exact) mass is 289 g/mol. The normalized spacial score (nSPS) is 27.4. The molecule has 112 valence electrons. The summed E-state index contributed by atoms with van der Waals surface area (Å²) < 4.78 is 0. The van der Waals surface area contributed by atoms with Crippen molar-refractivity contribution in [2.24, 2.45) is 11.8 Å². The average molecular weight is 289 g/mol. The van der Waals surface area contributed by atoms with Crippen molar-refractivity contribution in [2.75, 3.05) is 6.54 Å². The lowest BCUT2D eigenvalue weighted by atomic mass is 9.94. The molecule has 1 aromatic rings. The van der Waals surface area contributed by atoms with Crippen molar-refractivity contribution in [3.05, 3.63) is 30.1 Å². The highest BCUT2D eigenvalue weighted by Gasteiger charge is 2.49. The van der Waals surface area contributed by atoms with E-state index in [-0.39, 0.29) is 11.9 Å². The first-order chi connectivity index (χ1) is 10.2. The summed E-state index contributed by atoms with van der Waals surface area (Å²) in [6, 6.07) is 2.70. The number of pyridine rings is 1. The molecule has 1 aliphatic carbocycles. The Morgan fingerprint density at radius 3 is 2.81 bits per heavy atom. The van der Waals surface area contributed by atoms with Gasteiger partial charge in [0.2, 0.25) is 0 Å². The zero-order chi connectivity index (χ0) is 14.8. The molecule has 0 radical (unpaired) electrons. The van der Waals surface area contributed by atoms with E-state index in [4.69, 9.17) is 0 Å². The number of carboxylic acids is 1. The minimum atomic E-state index is -0.886. The number of nitrogens with one attached hydrogen (secondary N) is 1. The highest BCUT2D eigenvalue weighted by atomic mass is 16.4. The third-order valence-electron chi connectivity index (χ3n) is 4.60. The maximum Gasteiger partial charge on any atom is 0.326 e. The van der Waals surface area contributed by atoms with Gasteiger partial charge in [0.05, 0.1) is 0 Å². The summed E-state index contributed by atoms with van der Waals surface area (Å²) in [7, 11) is 0. The largest absolute Gasteiger partial charge is 0.480 e. The summed E-state index contributed by atoms with van der Waals surface area (Å²) in [6.45, 7) is 0.948. The van der Waals surface area contributed by atoms with E-state index in [1.165, 1.54) is 4.90 Å². The first-order valence-corrected chi connectivity index (χ1v) is 7.33. The van der Waals surface area contributed by atoms with Crippen LogP contribution in [0.25, 0.3) is 0 Å². The van der Waals surface area contributed by atoms with E-state index >= 15 is 0 Å². The second kappa shape index (κ2) is 5.71. The summed E-state index contributed by atoms with van der Waals surface area (Å²) >= 11 is 0. The Labute approximate surface area is 123 Å². The number of carboxylic acid groups (broad SMARTS) is 1. The van der Waals surface area contributed by atoms with E-state index in [0.29, 0.717) is 19.0 Å². The zero-order valence-electron chi connectivity index (χ0n) is 11.7. The number of likely N-dealkylation sites (tertiary alicyclic amines) is 1. The van der Waals surface area contributed by atoms with Gasteiger partial charge in [0.25, 0.3) is 0 Å². The smallest absolute Gasteiger partial charge is 0.326 e. The molecule has 2 heterocycles. The van der Waals surface area contributed by atoms with Gasteiger partial charge in [-0.25, -0.2) is 9.59 Å². The predicted octanol–water partition coefficient (Wildman–Crippen LogP) is 1.48. The van der Waals surface area contributed by atoms with Gasteiger partial charge < -0.3 is 15.3 Å². The maximum absolute atomic E-state index is 12.3. The Kier molecular flexibility index (Phi) is 3.77. The van der Waals surface area contributed by atoms with Crippen molar-refractivity contribution in [3.8, 4) is 0 Å². The van der Waals surface area contributed by atoms with Gasteiger partial charge >= 0.3 is 12.0 Å². The molecule has 3 unspecified atom stereocenters. The number of fused-ring (bicyclic) bond motifs is 1. The molecule has 3 rings (SSSR count). The lowest BCUT2D eigenvalue weighted by Crippen LogP contribution is -2.47. The summed E-state index contributed by atoms with van der Waals surface area (Å²) in [5.74, 6) is -0.421. The molecule has 2 aliphatic rings. The molecule has 6 heteroatoms. The van der Waals surface area contributed by atoms with E-state index in [1.54, 1.807) is 12.4 Å². The van der Waals surface area contributed by atoms with Crippen LogP contribution in [0, 0.1) is 11.8 Å². The number of rotatable bonds is 3. The average Bonchev–Trinajstić information content (AvgIpc) is 3.05. The molecule has 2 N–H and O–H groups in total. The fraction of sp³-hybridized carbons (Fsp3) is 0.533. The van der Waals surface area contributed by atoms with Crippen molar-refractivity contribution in [1.82, 2.24) is 15.2 Å². The Morgan fingerprint density at radius 1 is 1.33 bits per heavy atom. The van der Waals surface area contributed by atoms with Gasteiger partial charge in [0.15, 0.2) is 0 Å². The molecule has 21 heavy (non-hydrogen) atoms. The van der Waals surface area contributed by atoms with Crippen LogP contribution in [0.2, 0.25) is 0 Å². The van der Waals surface area contributed by atoms with Crippen molar-refractivity contribution >= 4 is 12.0 Å². The first-order valence-electron chi connectivity index (χ1n) is 7.33. The van der Waals surface area contributed by atoms with Crippen LogP contribution in [0.5, 0.6) is 0 Å². The summed E-state index contributed by atoms with van der Waals surface area (Å²) in [5, 5.41) is 12.2. The molecule has 1 saturated heterocycles. The molecule has 0 spiro atoms. The predicted molar refractivity (Wildman–Crippen MR) is 75.4 cm³/mol. The minimum Gasteiger partial charge on any atom is -0.480 e. The van der Waals surface area contributed by atoms with Gasteiger partial charge in [-0.15, -0.1) is 0 Å². The number of hydrogen-bond acceptors (Lipinski definition) is 3. The lowest BCUT2D eigenvalue weighted by Gasteiger charge is -2.24. The quantitative estimate of drug-likeness (QED) is 0.883. The van der Waals surface area contributed by atoms with Gasteiger partial charge in [0.1, 0.15) is 6.04 Å². The Bertz CT molecular complexity index is 534. The molecule has 2 amide bonds. The molecule has 1 saturated carbocycles. The molecule has 1 aliphatic heterocycles. The number of urea groups is 1. The summed E-state index contributed by atoms with van der Waals surface area (Å²) in [6.07, 6.45) is 6.35. The molecule has 0 bridgehead atoms. The lowest BCUT2D eigenvalue weighted by molar-refractivity contribution is -0.142. The number of nitrogens with zero attached hydrogens (tertiary/aromatic N) is 2. The molecule has 3 atom stereocenters. The van der Waals surface area contributed by atoms with Crippen LogP contribution in [0.3, 0.4) is 0 Å². The second-order valence-corrected chi connectivity index (χ2v) is 5.80. The molecule has 1 aromatic heterocycles. The Morgan fingerprint density at radius 2 is 2.10 bits per heavy atom. The fourth-order valence-electron chi connectivity index (χ4n) is 3.61. The highest BCUT2D eigenvalue weighted by molar-refractivity contribution is 5.83. The second-order valence-electron chi connectivity index (χ2n) is 5.80. The molecular formula is C15H19N3O3. The highest BCUT2D eigenvalue weighted by Crippen LogP contribution is 2.42. The zero-order valence-corrected chi connectivity index (χ0v) is 11.7. The Balaban J connectivity index is 1.65. The van der Waals surface area contributed by atoms with Crippen LogP contribution < -0.4 is 5.32 Å². The topological polar surface area (TPSA) is 82.5 Å². The number of hydrogen-bond donors (Lipinski definition) is 2. The van der Waals surface area contributed by atoms with Crippen LogP contribution in [0.4, 0.5) is 4.79 Å². The van der Waals surface area contributed by atoms with Crippen LogP contribution in [0.15, 0.2) is 24.5 Å². The van der Waals surface area contributed by atoms with Crippen LogP contribution in [-0.2, 0) is 11.3 Å². The van der Waals surface area contributed by atoms with Crippen molar-refractivity contribution in [1.29, 1.82) is 0 Å². The van der Waals surface area contributed by atoms with E-state index in [1.807, 2.05) is 12.1 Å². The van der Waals surface area contributed by atoms with Crippen molar-refractivity contribution < 1.29 is 14.7 Å². The third-order valence-corrected chi connectivity index (χ3v) is 4.60. The van der Waals surface area contributed by atoms with Gasteiger partial charge in [-0.2, -0.15) is 0 Å². The number of carbonyl (C=O) groups is 2. The van der Waals surface area contributed by atoms with E-state index in [0.717, 1.165) is 24.8 Å². The SMILES string of the molecule is O=C(O)C1C2CCCC2CN1C(=O)NCc1ccncc1. The number of carbonyl (C=O) groups excluding carboxylic acids is 1. The molecule has 2 fully saturated rings. The third kappa shape index (κ3) is 2.70. The number of aromatic nitrogens is 1. The van der Waals surface area contributed by atoms with Crippen molar-refractivity contribution in [2.45, 2.75) is 31.8 Å². The van der Waals surface area contributed by atoms with Gasteiger partial charge in [0, 0.05) is 25.5 Å². The first kappa shape index (κ1) is 13.9. The number of aliphatic carboxylic acids is 1. The van der Waals surface area contributed by atoms with Gasteiger partial charge in [-0.1, -0.05) is 6.42 Å². The molecular weight excluding hydrogens is 270 g/mol. The maximum atomic E-state index is 12.3. The van der Waals surface area contributed by atoms with Gasteiger partial charge in [-0.05, 0) is 42.4 Å². The van der Waals surface area contributed by atoms with E-state index in [2.05, 4.69) is 10.3 Å². The number of amides is 2. The van der Waals surface area contributed by atoms with E-state index in [9.17, 15) is 14.7 Å². The minimum absolute atomic E-state index is 0.120.